The third-order valence-electron chi connectivity index (χ3n) is 5.53. The molecule has 0 N–H and O–H groups in total. The quantitative estimate of drug-likeness (QED) is 0.323. The van der Waals surface area contributed by atoms with Gasteiger partial charge in [0, 0.05) is 42.6 Å². The van der Waals surface area contributed by atoms with Gasteiger partial charge in [-0.1, -0.05) is 19.6 Å². The molecule has 3 nitrogen and oxygen atoms in total. The van der Waals surface area contributed by atoms with Crippen LogP contribution in [-0.4, -0.2) is 29.3 Å². The molecule has 0 unspecified atom stereocenters. The average molecular weight is 467 g/mol. The monoisotopic (exact) mass is 466 g/mol. The number of rotatable bonds is 7. The highest BCUT2D eigenvalue weighted by molar-refractivity contribution is 7.11. The maximum Gasteiger partial charge on any atom is 0.149 e. The lowest BCUT2D eigenvalue weighted by Crippen LogP contribution is -2.23. The minimum Gasteiger partial charge on any atom is -0.371 e. The van der Waals surface area contributed by atoms with Gasteiger partial charge in [0.05, 0.1) is 11.6 Å². The molecule has 1 aliphatic carbocycles. The Morgan fingerprint density at radius 3 is 2.48 bits per heavy atom. The third kappa shape index (κ3) is 8.63. The number of hydrogen-bond donors (Lipinski definition) is 0. The van der Waals surface area contributed by atoms with Crippen molar-refractivity contribution in [3.05, 3.63) is 69.6 Å². The number of nitrogens with zero attached hydrogens (tertiary/aromatic N) is 2. The van der Waals surface area contributed by atoms with E-state index in [1.165, 1.54) is 28.8 Å². The number of likely N-dealkylation sites (N-methyl/N-ethyl adjacent to an activating group) is 1. The lowest BCUT2D eigenvalue weighted by molar-refractivity contribution is -0.117. The minimum absolute atomic E-state index is 0.120. The summed E-state index contributed by atoms with van der Waals surface area (Å²) in [5.41, 5.74) is 3.35. The van der Waals surface area contributed by atoms with E-state index in [1.807, 2.05) is 42.5 Å². The van der Waals surface area contributed by atoms with Gasteiger partial charge in [0.2, 0.25) is 0 Å². The van der Waals surface area contributed by atoms with E-state index >= 15 is 0 Å². The number of aryl methyl sites for hydroxylation is 2. The number of thiazole rings is 1. The molecule has 0 aliphatic heterocycles. The fraction of sp³-hybridized carbons (Fsp3) is 0.429. The maximum atomic E-state index is 13.3. The van der Waals surface area contributed by atoms with Gasteiger partial charge >= 0.3 is 0 Å². The second kappa shape index (κ2) is 13.1. The number of halogens is 1. The van der Waals surface area contributed by atoms with Gasteiger partial charge < -0.3 is 4.90 Å². The van der Waals surface area contributed by atoms with Crippen molar-refractivity contribution in [1.82, 2.24) is 9.88 Å². The molecule has 1 aromatic carbocycles. The van der Waals surface area contributed by atoms with E-state index in [2.05, 4.69) is 30.3 Å². The Morgan fingerprint density at radius 1 is 1.30 bits per heavy atom. The van der Waals surface area contributed by atoms with Crippen molar-refractivity contribution in [1.29, 1.82) is 0 Å². The molecular weight excluding hydrogens is 431 g/mol. The van der Waals surface area contributed by atoms with Crippen LogP contribution in [0, 0.1) is 31.5 Å². The van der Waals surface area contributed by atoms with Gasteiger partial charge in [-0.25, -0.2) is 9.37 Å². The van der Waals surface area contributed by atoms with Crippen LogP contribution < -0.4 is 0 Å². The SMILES string of the molecule is C=C(/C=C(/CC)N(C)CC(C)=O)c1ccc(F)c(C)c1.Cc1cnc(C2CCC#CCC2)s1. The zero-order chi connectivity index (χ0) is 24.4. The number of ketones is 1. The Balaban J connectivity index is 0.000000254. The molecule has 0 saturated heterocycles. The first kappa shape index (κ1) is 26.5. The molecule has 33 heavy (non-hydrogen) atoms. The first-order chi connectivity index (χ1) is 15.7. The van der Waals surface area contributed by atoms with Crippen LogP contribution >= 0.6 is 11.3 Å². The summed E-state index contributed by atoms with van der Waals surface area (Å²) in [7, 11) is 1.89. The lowest BCUT2D eigenvalue weighted by Gasteiger charge is -2.21. The topological polar surface area (TPSA) is 33.2 Å². The zero-order valence-corrected chi connectivity index (χ0v) is 21.3. The molecule has 5 heteroatoms. The van der Waals surface area contributed by atoms with Crippen molar-refractivity contribution in [2.24, 2.45) is 0 Å². The van der Waals surface area contributed by atoms with E-state index in [-0.39, 0.29) is 11.6 Å². The largest absolute Gasteiger partial charge is 0.371 e. The molecule has 0 atom stereocenters. The summed E-state index contributed by atoms with van der Waals surface area (Å²) < 4.78 is 13.3. The molecule has 1 heterocycles. The third-order valence-corrected chi connectivity index (χ3v) is 6.61. The predicted molar refractivity (Wildman–Crippen MR) is 138 cm³/mol. The molecule has 1 aliphatic rings. The van der Waals surface area contributed by atoms with Crippen LogP contribution in [0.15, 0.2) is 42.7 Å². The standard InChI is InChI=1S/C17H22FNO.C11H13NS/c1-6-16(19(5)11-14(4)20)10-12(2)15-7-8-17(18)13(3)9-15;1-9-8-12-11(13-9)10-6-4-2-3-5-7-10/h7-10H,2,6,11H2,1,3-5H3;8,10H,4-7H2,1H3/b16-10-;. The molecule has 0 radical (unpaired) electrons. The number of carbonyl (C=O) groups is 1. The first-order valence-corrected chi connectivity index (χ1v) is 12.3. The van der Waals surface area contributed by atoms with Crippen LogP contribution in [-0.2, 0) is 4.79 Å². The van der Waals surface area contributed by atoms with E-state index in [4.69, 9.17) is 0 Å². The highest BCUT2D eigenvalue weighted by Gasteiger charge is 2.15. The van der Waals surface area contributed by atoms with Crippen LogP contribution in [0.25, 0.3) is 5.57 Å². The van der Waals surface area contributed by atoms with Crippen molar-refractivity contribution >= 4 is 22.7 Å². The summed E-state index contributed by atoms with van der Waals surface area (Å²) in [5.74, 6) is 6.92. The van der Waals surface area contributed by atoms with Gasteiger partial charge in [0.1, 0.15) is 11.6 Å². The van der Waals surface area contributed by atoms with Crippen LogP contribution in [0.5, 0.6) is 0 Å². The normalized spacial score (nSPS) is 13.8. The predicted octanol–water partition coefficient (Wildman–Crippen LogP) is 7.07. The lowest BCUT2D eigenvalue weighted by atomic mass is 10.0. The molecular formula is C28H35FN2OS. The Morgan fingerprint density at radius 2 is 1.97 bits per heavy atom. The fourth-order valence-electron chi connectivity index (χ4n) is 3.67. The Labute approximate surface area is 202 Å². The minimum atomic E-state index is -0.213. The average Bonchev–Trinajstić information content (AvgIpc) is 3.03. The number of benzene rings is 1. The van der Waals surface area contributed by atoms with E-state index < -0.39 is 0 Å². The summed E-state index contributed by atoms with van der Waals surface area (Å²) in [6, 6.07) is 4.96. The Kier molecular flexibility index (Phi) is 10.5. The van der Waals surface area contributed by atoms with E-state index in [0.29, 0.717) is 18.0 Å². The Bertz CT molecular complexity index is 1050. The highest BCUT2D eigenvalue weighted by atomic mass is 32.1. The second-order valence-corrected chi connectivity index (χ2v) is 9.74. The molecule has 0 amide bonds. The van der Waals surface area contributed by atoms with Gasteiger partial charge in [-0.15, -0.1) is 23.2 Å². The molecule has 1 aromatic heterocycles. The molecule has 0 spiro atoms. The van der Waals surface area contributed by atoms with Gasteiger partial charge in [-0.2, -0.15) is 0 Å². The van der Waals surface area contributed by atoms with Crippen LogP contribution in [0.4, 0.5) is 4.39 Å². The van der Waals surface area contributed by atoms with Crippen molar-refractivity contribution in [2.75, 3.05) is 13.6 Å². The number of Topliss-reactive ketones (excluding diaryl/α,β-unsaturated/α-hetero) is 1. The molecule has 3 rings (SSSR count). The molecule has 176 valence electrons. The smallest absolute Gasteiger partial charge is 0.149 e. The van der Waals surface area contributed by atoms with Crippen LogP contribution in [0.2, 0.25) is 0 Å². The summed E-state index contributed by atoms with van der Waals surface area (Å²) >= 11 is 1.84. The van der Waals surface area contributed by atoms with E-state index in [1.54, 1.807) is 26.0 Å². The Hall–Kier alpha value is -2.71. The summed E-state index contributed by atoms with van der Waals surface area (Å²) in [5, 5.41) is 1.31. The summed E-state index contributed by atoms with van der Waals surface area (Å²) in [6.07, 6.45) is 9.22. The second-order valence-electron chi connectivity index (χ2n) is 8.47. The van der Waals surface area contributed by atoms with E-state index in [9.17, 15) is 9.18 Å². The highest BCUT2D eigenvalue weighted by Crippen LogP contribution is 2.30. The number of allylic oxidation sites excluding steroid dienone is 3. The van der Waals surface area contributed by atoms with Gasteiger partial charge in [-0.05, 0) is 74.9 Å². The first-order valence-electron chi connectivity index (χ1n) is 11.5. The van der Waals surface area contributed by atoms with Gasteiger partial charge in [-0.3, -0.25) is 4.79 Å². The number of carbonyl (C=O) groups excluding carboxylic acids is 1. The molecule has 0 bridgehead atoms. The van der Waals surface area contributed by atoms with Crippen molar-refractivity contribution in [2.45, 2.75) is 65.7 Å². The number of hydrogen-bond acceptors (Lipinski definition) is 4. The number of aromatic nitrogens is 1. The van der Waals surface area contributed by atoms with Crippen molar-refractivity contribution in [3.8, 4) is 11.8 Å². The van der Waals surface area contributed by atoms with Gasteiger partial charge in [0.15, 0.2) is 0 Å². The molecule has 0 fully saturated rings. The fourth-order valence-corrected chi connectivity index (χ4v) is 4.61. The zero-order valence-electron chi connectivity index (χ0n) is 20.5. The van der Waals surface area contributed by atoms with Crippen LogP contribution in [0.1, 0.15) is 72.9 Å². The van der Waals surface area contributed by atoms with Gasteiger partial charge in [0.25, 0.3) is 0 Å². The maximum absolute atomic E-state index is 13.3. The van der Waals surface area contributed by atoms with Crippen LogP contribution in [0.3, 0.4) is 0 Å². The molecule has 0 saturated carbocycles. The summed E-state index contributed by atoms with van der Waals surface area (Å²) in [4.78, 5) is 18.9. The van der Waals surface area contributed by atoms with E-state index in [0.717, 1.165) is 36.1 Å². The van der Waals surface area contributed by atoms with Crippen molar-refractivity contribution < 1.29 is 9.18 Å². The summed E-state index contributed by atoms with van der Waals surface area (Å²) in [6.45, 7) is 11.9. The molecule has 2 aromatic rings. The van der Waals surface area contributed by atoms with Crippen molar-refractivity contribution in [3.63, 3.8) is 0 Å².